The number of fused-ring (bicyclic) bond motifs is 1. The Kier molecular flexibility index (Phi) is 9.61. The van der Waals surface area contributed by atoms with Gasteiger partial charge in [0.1, 0.15) is 25.8 Å². The van der Waals surface area contributed by atoms with E-state index < -0.39 is 28.5 Å². The highest BCUT2D eigenvalue weighted by molar-refractivity contribution is 7.92. The third-order valence-electron chi connectivity index (χ3n) is 7.13. The first-order chi connectivity index (χ1) is 18.7. The summed E-state index contributed by atoms with van der Waals surface area (Å²) in [5, 5.41) is 3.59. The Labute approximate surface area is 235 Å². The Balaban J connectivity index is 1.63. The Morgan fingerprint density at radius 2 is 1.74 bits per heavy atom. The molecule has 1 unspecified atom stereocenters. The molecule has 1 aliphatic carbocycles. The summed E-state index contributed by atoms with van der Waals surface area (Å²) in [4.78, 5) is 28.8. The Morgan fingerprint density at radius 1 is 1.05 bits per heavy atom. The summed E-state index contributed by atoms with van der Waals surface area (Å²) in [6.07, 6.45) is 6.49. The van der Waals surface area contributed by atoms with E-state index in [1.807, 2.05) is 13.0 Å². The van der Waals surface area contributed by atoms with Crippen molar-refractivity contribution in [3.63, 3.8) is 0 Å². The molecule has 2 aromatic rings. The fourth-order valence-corrected chi connectivity index (χ4v) is 6.11. The average molecular weight is 578 g/mol. The zero-order chi connectivity index (χ0) is 28.0. The van der Waals surface area contributed by atoms with Crippen molar-refractivity contribution in [2.24, 2.45) is 0 Å². The molecule has 212 valence electrons. The van der Waals surface area contributed by atoms with Crippen LogP contribution in [0.3, 0.4) is 0 Å². The molecule has 2 aromatic carbocycles. The number of amides is 2. The molecule has 0 bridgehead atoms. The van der Waals surface area contributed by atoms with Crippen LogP contribution in [0.2, 0.25) is 5.02 Å². The number of rotatable bonds is 10. The quantitative estimate of drug-likeness (QED) is 0.455. The van der Waals surface area contributed by atoms with E-state index in [2.05, 4.69) is 5.32 Å². The number of hydrogen-bond donors (Lipinski definition) is 1. The molecular weight excluding hydrogens is 542 g/mol. The molecule has 0 spiro atoms. The smallest absolute Gasteiger partial charge is 0.244 e. The van der Waals surface area contributed by atoms with Gasteiger partial charge in [0.25, 0.3) is 0 Å². The van der Waals surface area contributed by atoms with E-state index in [0.717, 1.165) is 42.7 Å². The van der Waals surface area contributed by atoms with Crippen LogP contribution in [0.25, 0.3) is 0 Å². The molecule has 1 saturated carbocycles. The topological polar surface area (TPSA) is 105 Å². The number of benzene rings is 2. The molecule has 1 atom stereocenters. The summed E-state index contributed by atoms with van der Waals surface area (Å²) >= 11 is 6.43. The van der Waals surface area contributed by atoms with Crippen LogP contribution in [-0.2, 0) is 26.2 Å². The minimum Gasteiger partial charge on any atom is -0.486 e. The number of carbonyl (C=O) groups is 2. The van der Waals surface area contributed by atoms with Crippen LogP contribution in [0.15, 0.2) is 42.5 Å². The second-order valence-corrected chi connectivity index (χ2v) is 12.3. The van der Waals surface area contributed by atoms with Gasteiger partial charge >= 0.3 is 0 Å². The summed E-state index contributed by atoms with van der Waals surface area (Å²) in [5.74, 6) is 0.164. The predicted octanol–water partition coefficient (Wildman–Crippen LogP) is 4.13. The van der Waals surface area contributed by atoms with E-state index >= 15 is 0 Å². The van der Waals surface area contributed by atoms with E-state index in [1.54, 1.807) is 36.4 Å². The molecule has 0 aromatic heterocycles. The number of ether oxygens (including phenoxy) is 2. The van der Waals surface area contributed by atoms with Crippen molar-refractivity contribution < 1.29 is 27.5 Å². The second kappa shape index (κ2) is 12.9. The van der Waals surface area contributed by atoms with E-state index in [0.29, 0.717) is 41.7 Å². The average Bonchev–Trinajstić information content (AvgIpc) is 2.92. The van der Waals surface area contributed by atoms with Gasteiger partial charge < -0.3 is 19.7 Å². The Bertz CT molecular complexity index is 1280. The van der Waals surface area contributed by atoms with Gasteiger partial charge in [-0.25, -0.2) is 8.42 Å². The molecule has 2 aliphatic rings. The molecule has 0 radical (unpaired) electrons. The van der Waals surface area contributed by atoms with Crippen LogP contribution < -0.4 is 19.1 Å². The van der Waals surface area contributed by atoms with Gasteiger partial charge in [0.05, 0.1) is 11.9 Å². The zero-order valence-corrected chi connectivity index (χ0v) is 24.0. The highest BCUT2D eigenvalue weighted by Gasteiger charge is 2.33. The summed E-state index contributed by atoms with van der Waals surface area (Å²) in [5.41, 5.74) is 0.939. The molecule has 39 heavy (non-hydrogen) atoms. The van der Waals surface area contributed by atoms with Crippen LogP contribution in [0.4, 0.5) is 5.69 Å². The SMILES string of the molecule is CCC(C(=O)NC1CCCCC1)N(Cc1ccccc1Cl)C(=O)CN(c1ccc2c(c1)OCCO2)S(C)(=O)=O. The lowest BCUT2D eigenvalue weighted by molar-refractivity contribution is -0.140. The fourth-order valence-electron chi connectivity index (χ4n) is 5.07. The van der Waals surface area contributed by atoms with Crippen molar-refractivity contribution in [2.45, 2.75) is 64.1 Å². The molecule has 1 aliphatic heterocycles. The van der Waals surface area contributed by atoms with Crippen molar-refractivity contribution in [3.05, 3.63) is 53.1 Å². The predicted molar refractivity (Wildman–Crippen MR) is 151 cm³/mol. The molecule has 2 amide bonds. The minimum absolute atomic E-state index is 0.0633. The maximum absolute atomic E-state index is 13.9. The van der Waals surface area contributed by atoms with Gasteiger partial charge in [-0.05, 0) is 43.0 Å². The molecule has 1 N–H and O–H groups in total. The van der Waals surface area contributed by atoms with Gasteiger partial charge in [-0.3, -0.25) is 13.9 Å². The number of halogens is 1. The molecule has 0 saturated heterocycles. The first-order valence-corrected chi connectivity index (χ1v) is 15.6. The maximum atomic E-state index is 13.9. The fraction of sp³-hybridized carbons (Fsp3) is 0.500. The maximum Gasteiger partial charge on any atom is 0.244 e. The molecule has 4 rings (SSSR count). The standard InChI is InChI=1S/C28H36ClN3O6S/c1-3-24(28(34)30-21-10-5-4-6-11-21)31(18-20-9-7-8-12-23(20)29)27(33)19-32(39(2,35)36)22-13-14-25-26(17-22)38-16-15-37-25/h7-9,12-14,17,21,24H,3-6,10-11,15-16,18-19H2,1-2H3,(H,30,34). The summed E-state index contributed by atoms with van der Waals surface area (Å²) in [7, 11) is -3.87. The highest BCUT2D eigenvalue weighted by Crippen LogP contribution is 2.35. The van der Waals surface area contributed by atoms with Gasteiger partial charge in [-0.1, -0.05) is 56.0 Å². The lowest BCUT2D eigenvalue weighted by Gasteiger charge is -2.34. The van der Waals surface area contributed by atoms with Crippen molar-refractivity contribution in [1.29, 1.82) is 0 Å². The number of nitrogens with zero attached hydrogens (tertiary/aromatic N) is 2. The third-order valence-corrected chi connectivity index (χ3v) is 8.64. The van der Waals surface area contributed by atoms with Crippen LogP contribution in [-0.4, -0.2) is 63.2 Å². The van der Waals surface area contributed by atoms with Crippen molar-refractivity contribution in [1.82, 2.24) is 10.2 Å². The number of carbonyl (C=O) groups excluding carboxylic acids is 2. The van der Waals surface area contributed by atoms with E-state index in [1.165, 1.54) is 4.90 Å². The minimum atomic E-state index is -3.87. The lowest BCUT2D eigenvalue weighted by atomic mass is 9.95. The van der Waals surface area contributed by atoms with Crippen LogP contribution in [0.5, 0.6) is 11.5 Å². The van der Waals surface area contributed by atoms with Crippen LogP contribution in [0.1, 0.15) is 51.0 Å². The monoisotopic (exact) mass is 577 g/mol. The summed E-state index contributed by atoms with van der Waals surface area (Å²) < 4.78 is 38.0. The molecular formula is C28H36ClN3O6S. The van der Waals surface area contributed by atoms with Gasteiger partial charge in [-0.2, -0.15) is 0 Å². The summed E-state index contributed by atoms with van der Waals surface area (Å²) in [6, 6.07) is 11.1. The van der Waals surface area contributed by atoms with Crippen molar-refractivity contribution in [3.8, 4) is 11.5 Å². The van der Waals surface area contributed by atoms with Gasteiger partial charge in [0.2, 0.25) is 21.8 Å². The van der Waals surface area contributed by atoms with Crippen molar-refractivity contribution >= 4 is 39.1 Å². The van der Waals surface area contributed by atoms with Crippen LogP contribution in [0, 0.1) is 0 Å². The van der Waals surface area contributed by atoms with E-state index in [-0.39, 0.29) is 24.2 Å². The first kappa shape index (κ1) is 29.0. The van der Waals surface area contributed by atoms with Gasteiger partial charge in [0.15, 0.2) is 11.5 Å². The zero-order valence-electron chi connectivity index (χ0n) is 22.4. The molecule has 9 nitrogen and oxygen atoms in total. The summed E-state index contributed by atoms with van der Waals surface area (Å²) in [6.45, 7) is 2.16. The molecule has 1 fully saturated rings. The first-order valence-electron chi connectivity index (χ1n) is 13.4. The number of sulfonamides is 1. The molecule has 1 heterocycles. The second-order valence-electron chi connectivity index (χ2n) is 9.98. The van der Waals surface area contributed by atoms with Gasteiger partial charge in [0, 0.05) is 23.7 Å². The lowest BCUT2D eigenvalue weighted by Crippen LogP contribution is -2.54. The number of hydrogen-bond acceptors (Lipinski definition) is 6. The van der Waals surface area contributed by atoms with Crippen molar-refractivity contribution in [2.75, 3.05) is 30.3 Å². The van der Waals surface area contributed by atoms with E-state index in [9.17, 15) is 18.0 Å². The highest BCUT2D eigenvalue weighted by atomic mass is 35.5. The third kappa shape index (κ3) is 7.36. The Morgan fingerprint density at radius 3 is 2.41 bits per heavy atom. The van der Waals surface area contributed by atoms with Gasteiger partial charge in [-0.15, -0.1) is 0 Å². The number of anilines is 1. The molecule has 11 heteroatoms. The Hall–Kier alpha value is -2.98. The largest absolute Gasteiger partial charge is 0.486 e. The van der Waals surface area contributed by atoms with Crippen LogP contribution >= 0.6 is 11.6 Å². The number of nitrogens with one attached hydrogen (secondary N) is 1. The normalized spacial score (nSPS) is 16.3. The van der Waals surface area contributed by atoms with E-state index in [4.69, 9.17) is 21.1 Å².